The summed E-state index contributed by atoms with van der Waals surface area (Å²) < 4.78 is 0. The Morgan fingerprint density at radius 1 is 0.250 bits per heavy atom. The smallest absolute Gasteiger partial charge is 0 e. The average molecular weight is 241 g/mol. The van der Waals surface area contributed by atoms with Crippen molar-refractivity contribution in [2.75, 3.05) is 0 Å². The summed E-state index contributed by atoms with van der Waals surface area (Å²) in [5.74, 6) is 0. The molecule has 0 aromatic heterocycles. The molecule has 0 aliphatic heterocycles. The minimum absolute atomic E-state index is 0. The molecule has 0 unspecified atom stereocenters. The third-order valence-electron chi connectivity index (χ3n) is 0. The van der Waals surface area contributed by atoms with E-state index in [9.17, 15) is 0 Å². The Morgan fingerprint density at radius 2 is 0.250 bits per heavy atom. The second kappa shape index (κ2) is 65.3. The number of rotatable bonds is 0. The summed E-state index contributed by atoms with van der Waals surface area (Å²) in [6.45, 7) is 0. The van der Waals surface area contributed by atoms with Gasteiger partial charge in [0.15, 0.2) is 0 Å². The van der Waals surface area contributed by atoms with Crippen LogP contribution in [0.25, 0.3) is 0 Å². The molecule has 0 aromatic rings. The third kappa shape index (κ3) is 48.5. The second-order valence-corrected chi connectivity index (χ2v) is 0. The Bertz CT molecular complexity index is 4.35. The van der Waals surface area contributed by atoms with Crippen LogP contribution in [0.2, 0.25) is 0 Å². The van der Waals surface area contributed by atoms with Gasteiger partial charge in [-0.05, 0) is 0 Å². The summed E-state index contributed by atoms with van der Waals surface area (Å²) in [6, 6.07) is 0. The molecule has 0 aromatic carbocycles. The molecule has 0 saturated carbocycles. The molecule has 8 heteroatoms. The van der Waals surface area contributed by atoms with E-state index in [1.807, 2.05) is 0 Å². The van der Waals surface area contributed by atoms with Crippen LogP contribution in [0.1, 0.15) is 0 Å². The van der Waals surface area contributed by atoms with Crippen LogP contribution in [0.3, 0.4) is 0 Å². The third-order valence-corrected chi connectivity index (χ3v) is 0. The van der Waals surface area contributed by atoms with Crippen molar-refractivity contribution in [3.05, 3.63) is 0 Å². The van der Waals surface area contributed by atoms with Crippen LogP contribution in [-0.2, 0) is 17.4 Å². The Morgan fingerprint density at radius 3 is 0.250 bits per heavy atom. The first-order chi connectivity index (χ1) is 0. The normalized spacial score (nSPS) is 0. The maximum Gasteiger partial charge on any atom is 0 e. The van der Waals surface area contributed by atoms with E-state index in [0.717, 1.165) is 0 Å². The molecule has 0 aliphatic carbocycles. The van der Waals surface area contributed by atoms with E-state index in [0.29, 0.717) is 0 Å². The van der Waals surface area contributed by atoms with Gasteiger partial charge < -0.3 is 0 Å². The van der Waals surface area contributed by atoms with E-state index in [4.69, 9.17) is 0 Å². The van der Waals surface area contributed by atoms with Gasteiger partial charge in [-0.1, -0.05) is 0 Å². The van der Waals surface area contributed by atoms with Gasteiger partial charge in [0.25, 0.3) is 0 Å². The summed E-state index contributed by atoms with van der Waals surface area (Å²) in [7, 11) is 0. The Hall–Kier alpha value is 4.26. The van der Waals surface area contributed by atoms with Crippen molar-refractivity contribution in [1.82, 2.24) is 0 Å². The SMILES string of the molecule is [Al].[Al].[Al].[Al].[Al].[Al].[Al].[Cr]. The molecule has 27 valence electrons. The molecule has 21 radical (unpaired) electrons. The van der Waals surface area contributed by atoms with Crippen molar-refractivity contribution in [3.63, 3.8) is 0 Å². The van der Waals surface area contributed by atoms with Gasteiger partial charge in [0.05, 0.1) is 0 Å². The molecule has 0 N–H and O–H groups in total. The molecule has 0 bridgehead atoms. The predicted molar refractivity (Wildman–Crippen MR) is 40.3 cm³/mol. The van der Waals surface area contributed by atoms with Gasteiger partial charge in [-0.25, -0.2) is 0 Å². The quantitative estimate of drug-likeness (QED) is 0.406. The fourth-order valence-electron chi connectivity index (χ4n) is 0. The Kier molecular flexibility index (Phi) is 699. The molecule has 0 aliphatic rings. The van der Waals surface area contributed by atoms with Gasteiger partial charge in [0, 0.05) is 139 Å². The van der Waals surface area contributed by atoms with E-state index in [2.05, 4.69) is 0 Å². The zero-order valence-electron chi connectivity index (χ0n) is 4.45. The van der Waals surface area contributed by atoms with E-state index in [-0.39, 0.29) is 139 Å². The number of hydrogen-bond acceptors (Lipinski definition) is 0. The van der Waals surface area contributed by atoms with Crippen molar-refractivity contribution in [1.29, 1.82) is 0 Å². The fourth-order valence-corrected chi connectivity index (χ4v) is 0. The van der Waals surface area contributed by atoms with E-state index in [1.54, 1.807) is 0 Å². The summed E-state index contributed by atoms with van der Waals surface area (Å²) in [6.07, 6.45) is 0. The first-order valence-corrected chi connectivity index (χ1v) is 0. The summed E-state index contributed by atoms with van der Waals surface area (Å²) in [4.78, 5) is 0. The summed E-state index contributed by atoms with van der Waals surface area (Å²) >= 11 is 0. The first kappa shape index (κ1) is 85.7. The molecular formula is Al7Cr. The molecular weight excluding hydrogens is 241 g/mol. The largest absolute Gasteiger partial charge is 0 e. The molecule has 8 heavy (non-hydrogen) atoms. The van der Waals surface area contributed by atoms with Crippen LogP contribution in [0.5, 0.6) is 0 Å². The van der Waals surface area contributed by atoms with Crippen LogP contribution in [0, 0.1) is 0 Å². The number of hydrogen-bond donors (Lipinski definition) is 0. The van der Waals surface area contributed by atoms with Crippen LogP contribution >= 0.6 is 0 Å². The van der Waals surface area contributed by atoms with Crippen molar-refractivity contribution in [2.24, 2.45) is 0 Å². The van der Waals surface area contributed by atoms with Crippen molar-refractivity contribution in [3.8, 4) is 0 Å². The van der Waals surface area contributed by atoms with Crippen molar-refractivity contribution >= 4 is 122 Å². The molecule has 0 fully saturated rings. The van der Waals surface area contributed by atoms with Gasteiger partial charge >= 0.3 is 0 Å². The van der Waals surface area contributed by atoms with Crippen LogP contribution in [-0.4, -0.2) is 122 Å². The summed E-state index contributed by atoms with van der Waals surface area (Å²) in [5, 5.41) is 0. The Balaban J connectivity index is 0. The van der Waals surface area contributed by atoms with E-state index >= 15 is 0 Å². The van der Waals surface area contributed by atoms with E-state index in [1.165, 1.54) is 0 Å². The van der Waals surface area contributed by atoms with Crippen LogP contribution in [0.15, 0.2) is 0 Å². The fraction of sp³-hybridized carbons (Fsp3) is 0. The summed E-state index contributed by atoms with van der Waals surface area (Å²) in [5.41, 5.74) is 0. The van der Waals surface area contributed by atoms with Gasteiger partial charge in [0.1, 0.15) is 0 Å². The zero-order chi connectivity index (χ0) is 0. The molecule has 0 saturated heterocycles. The molecule has 0 amide bonds. The van der Waals surface area contributed by atoms with Crippen molar-refractivity contribution < 1.29 is 17.4 Å². The molecule has 0 heterocycles. The van der Waals surface area contributed by atoms with Gasteiger partial charge in [0.2, 0.25) is 0 Å². The second-order valence-electron chi connectivity index (χ2n) is 0. The molecule has 0 nitrogen and oxygen atoms in total. The molecule has 0 atom stereocenters. The Labute approximate surface area is 136 Å². The van der Waals surface area contributed by atoms with E-state index < -0.39 is 0 Å². The zero-order valence-corrected chi connectivity index (χ0v) is 13.8. The van der Waals surface area contributed by atoms with Gasteiger partial charge in [-0.2, -0.15) is 0 Å². The molecule has 0 rings (SSSR count). The minimum Gasteiger partial charge on any atom is 0 e. The standard InChI is InChI=1S/7Al.Cr. The minimum atomic E-state index is 0. The van der Waals surface area contributed by atoms with Gasteiger partial charge in [-0.15, -0.1) is 0 Å². The first-order valence-electron chi connectivity index (χ1n) is 0. The molecule has 0 spiro atoms. The van der Waals surface area contributed by atoms with Crippen LogP contribution in [0.4, 0.5) is 0 Å². The predicted octanol–water partition coefficient (Wildman–Crippen LogP) is -2.67. The monoisotopic (exact) mass is 241 g/mol. The maximum atomic E-state index is 0. The topological polar surface area (TPSA) is 0 Å². The van der Waals surface area contributed by atoms with Gasteiger partial charge in [-0.3, -0.25) is 0 Å². The van der Waals surface area contributed by atoms with Crippen molar-refractivity contribution in [2.45, 2.75) is 0 Å². The average Bonchev–Trinajstić information content (AvgIpc) is 0. The maximum absolute atomic E-state index is 0. The van der Waals surface area contributed by atoms with Crippen LogP contribution < -0.4 is 0 Å².